The van der Waals surface area contributed by atoms with Crippen molar-refractivity contribution >= 4 is 17.0 Å². The number of fused-ring (bicyclic) bond motifs is 3. The van der Waals surface area contributed by atoms with Gasteiger partial charge in [-0.1, -0.05) is 6.08 Å². The minimum atomic E-state index is -0.0232. The average molecular weight is 434 g/mol. The molecule has 2 N–H and O–H groups in total. The zero-order valence-electron chi connectivity index (χ0n) is 18.5. The van der Waals surface area contributed by atoms with Gasteiger partial charge in [0.15, 0.2) is 0 Å². The van der Waals surface area contributed by atoms with Crippen LogP contribution in [0.5, 0.6) is 5.75 Å². The van der Waals surface area contributed by atoms with Crippen LogP contribution in [-0.4, -0.2) is 53.4 Å². The lowest BCUT2D eigenvalue weighted by atomic mass is 9.92. The van der Waals surface area contributed by atoms with Crippen LogP contribution >= 0.6 is 0 Å². The number of hydrogen-bond donors (Lipinski definition) is 2. The van der Waals surface area contributed by atoms with Crippen molar-refractivity contribution in [3.8, 4) is 5.75 Å². The third-order valence-corrected chi connectivity index (χ3v) is 7.01. The zero-order valence-corrected chi connectivity index (χ0v) is 18.5. The van der Waals surface area contributed by atoms with Crippen LogP contribution in [0.2, 0.25) is 0 Å². The van der Waals surface area contributed by atoms with Gasteiger partial charge in [0.2, 0.25) is 0 Å². The van der Waals surface area contributed by atoms with Gasteiger partial charge >= 0.3 is 0 Å². The van der Waals surface area contributed by atoms with E-state index in [1.807, 2.05) is 42.6 Å². The number of aliphatic hydroxyl groups excluding tert-OH is 1. The van der Waals surface area contributed by atoms with E-state index in [4.69, 9.17) is 9.15 Å². The molecule has 1 aromatic carbocycles. The molecule has 2 fully saturated rings. The van der Waals surface area contributed by atoms with Gasteiger partial charge in [0, 0.05) is 36.3 Å². The molecule has 32 heavy (non-hydrogen) atoms. The summed E-state index contributed by atoms with van der Waals surface area (Å²) in [5.74, 6) is 1.70. The highest BCUT2D eigenvalue weighted by Crippen LogP contribution is 2.43. The van der Waals surface area contributed by atoms with Crippen LogP contribution in [-0.2, 0) is 0 Å². The molecular weight excluding hydrogens is 402 g/mol. The van der Waals surface area contributed by atoms with Crippen molar-refractivity contribution in [3.63, 3.8) is 0 Å². The number of furan rings is 1. The van der Waals surface area contributed by atoms with Crippen molar-refractivity contribution in [1.29, 1.82) is 0 Å². The minimum Gasteiger partial charge on any atom is -0.497 e. The fourth-order valence-corrected chi connectivity index (χ4v) is 5.60. The normalized spacial score (nSPS) is 24.4. The lowest BCUT2D eigenvalue weighted by Gasteiger charge is -2.43. The molecule has 3 unspecified atom stereocenters. The maximum absolute atomic E-state index is 10.5. The topological polar surface area (TPSA) is 70.8 Å². The molecule has 3 atom stereocenters. The molecule has 6 heteroatoms. The van der Waals surface area contributed by atoms with Crippen LogP contribution in [0.25, 0.3) is 17.0 Å². The first kappa shape index (κ1) is 21.2. The summed E-state index contributed by atoms with van der Waals surface area (Å²) in [5, 5.41) is 15.2. The number of nitrogens with one attached hydrogen (secondary N) is 1. The number of ether oxygens (including phenoxy) is 1. The first-order valence-corrected chi connectivity index (χ1v) is 11.5. The van der Waals surface area contributed by atoms with E-state index >= 15 is 0 Å². The number of benzene rings is 1. The van der Waals surface area contributed by atoms with Gasteiger partial charge < -0.3 is 19.6 Å². The van der Waals surface area contributed by atoms with Crippen molar-refractivity contribution in [2.24, 2.45) is 0 Å². The molecule has 0 amide bonds. The number of piperidine rings is 1. The molecule has 0 spiro atoms. The Hall–Kier alpha value is -2.67. The van der Waals surface area contributed by atoms with Gasteiger partial charge in [0.1, 0.15) is 11.5 Å². The molecule has 0 saturated carbocycles. The molecule has 6 nitrogen and oxygen atoms in total. The molecule has 5 rings (SSSR count). The van der Waals surface area contributed by atoms with Crippen LogP contribution in [0.4, 0.5) is 0 Å². The Labute approximate surface area is 188 Å². The fourth-order valence-electron chi connectivity index (χ4n) is 5.60. The second kappa shape index (κ2) is 9.45. The van der Waals surface area contributed by atoms with E-state index in [0.717, 1.165) is 47.4 Å². The van der Waals surface area contributed by atoms with Gasteiger partial charge in [-0.25, -0.2) is 0 Å². The third-order valence-electron chi connectivity index (χ3n) is 7.01. The van der Waals surface area contributed by atoms with Crippen LogP contribution in [0, 0.1) is 0 Å². The molecule has 168 valence electrons. The standard InChI is InChI=1S/C26H31N3O3/c1-31-22-8-9-25-24(16-22)23(10-12-28-25)26(17-30)29-19-6-7-20(29)15-18(14-19)27-11-2-4-21-5-3-13-32-21/h2-5,8-10,12-13,16,18-20,26-27,30H,6-7,11,14-15,17H2,1H3. The number of aliphatic hydroxyl groups is 1. The largest absolute Gasteiger partial charge is 0.497 e. The number of methoxy groups -OCH3 is 1. The molecule has 4 heterocycles. The molecule has 2 bridgehead atoms. The van der Waals surface area contributed by atoms with Gasteiger partial charge in [0.05, 0.1) is 31.5 Å². The van der Waals surface area contributed by atoms with E-state index in [2.05, 4.69) is 27.3 Å². The Morgan fingerprint density at radius 3 is 2.81 bits per heavy atom. The van der Waals surface area contributed by atoms with E-state index in [9.17, 15) is 5.11 Å². The second-order valence-corrected chi connectivity index (χ2v) is 8.81. The summed E-state index contributed by atoms with van der Waals surface area (Å²) in [5.41, 5.74) is 2.08. The molecule has 2 saturated heterocycles. The maximum atomic E-state index is 10.5. The van der Waals surface area contributed by atoms with Crippen LogP contribution in [0.1, 0.15) is 43.0 Å². The Morgan fingerprint density at radius 1 is 1.25 bits per heavy atom. The van der Waals surface area contributed by atoms with Crippen LogP contribution < -0.4 is 10.1 Å². The van der Waals surface area contributed by atoms with E-state index in [-0.39, 0.29) is 12.6 Å². The molecule has 2 aliphatic heterocycles. The first-order chi connectivity index (χ1) is 15.8. The highest BCUT2D eigenvalue weighted by atomic mass is 16.5. The van der Waals surface area contributed by atoms with Crippen molar-refractivity contribution in [2.75, 3.05) is 20.3 Å². The van der Waals surface area contributed by atoms with Gasteiger partial charge in [-0.2, -0.15) is 0 Å². The summed E-state index contributed by atoms with van der Waals surface area (Å²) in [6.45, 7) is 0.941. The minimum absolute atomic E-state index is 0.0232. The monoisotopic (exact) mass is 433 g/mol. The zero-order chi connectivity index (χ0) is 21.9. The first-order valence-electron chi connectivity index (χ1n) is 11.5. The van der Waals surface area contributed by atoms with Gasteiger partial charge in [0.25, 0.3) is 0 Å². The van der Waals surface area contributed by atoms with Gasteiger partial charge in [-0.3, -0.25) is 9.88 Å². The van der Waals surface area contributed by atoms with Crippen LogP contribution in [0.3, 0.4) is 0 Å². The van der Waals surface area contributed by atoms with Crippen molar-refractivity contribution in [2.45, 2.75) is 49.9 Å². The summed E-state index contributed by atoms with van der Waals surface area (Å²) >= 11 is 0. The number of pyridine rings is 1. The lowest BCUT2D eigenvalue weighted by Crippen LogP contribution is -2.51. The van der Waals surface area contributed by atoms with E-state index < -0.39 is 0 Å². The Kier molecular flexibility index (Phi) is 6.26. The smallest absolute Gasteiger partial charge is 0.126 e. The van der Waals surface area contributed by atoms with Crippen molar-refractivity contribution < 1.29 is 14.3 Å². The Morgan fingerprint density at radius 2 is 2.09 bits per heavy atom. The van der Waals surface area contributed by atoms with Crippen molar-refractivity contribution in [1.82, 2.24) is 15.2 Å². The highest BCUT2D eigenvalue weighted by Gasteiger charge is 2.44. The molecular formula is C26H31N3O3. The predicted molar refractivity (Wildman–Crippen MR) is 126 cm³/mol. The maximum Gasteiger partial charge on any atom is 0.126 e. The number of hydrogen-bond acceptors (Lipinski definition) is 6. The molecule has 2 aliphatic rings. The van der Waals surface area contributed by atoms with E-state index in [1.165, 1.54) is 12.8 Å². The summed E-state index contributed by atoms with van der Waals surface area (Å²) in [6, 6.07) is 13.3. The molecule has 2 aromatic heterocycles. The molecule has 0 radical (unpaired) electrons. The summed E-state index contributed by atoms with van der Waals surface area (Å²) < 4.78 is 10.8. The summed E-state index contributed by atoms with van der Waals surface area (Å²) in [7, 11) is 1.68. The number of rotatable bonds is 8. The van der Waals surface area contributed by atoms with Gasteiger partial charge in [-0.05, 0) is 73.7 Å². The Bertz CT molecular complexity index is 1050. The van der Waals surface area contributed by atoms with Gasteiger partial charge in [-0.15, -0.1) is 0 Å². The Balaban J connectivity index is 1.31. The second-order valence-electron chi connectivity index (χ2n) is 8.81. The summed E-state index contributed by atoms with van der Waals surface area (Å²) in [4.78, 5) is 7.10. The summed E-state index contributed by atoms with van der Waals surface area (Å²) in [6.07, 6.45) is 12.3. The lowest BCUT2D eigenvalue weighted by molar-refractivity contribution is 0.0392. The predicted octanol–water partition coefficient (Wildman–Crippen LogP) is 4.17. The SMILES string of the molecule is COc1ccc2nccc(C(CO)N3C4CCC3CC(NCC=Cc3ccco3)C4)c2c1. The van der Waals surface area contributed by atoms with Crippen LogP contribution in [0.15, 0.2) is 59.4 Å². The highest BCUT2D eigenvalue weighted by molar-refractivity contribution is 5.84. The number of aromatic nitrogens is 1. The van der Waals surface area contributed by atoms with E-state index in [0.29, 0.717) is 18.1 Å². The fraction of sp³-hybridized carbons (Fsp3) is 0.423. The third kappa shape index (κ3) is 4.18. The van der Waals surface area contributed by atoms with Crippen molar-refractivity contribution in [3.05, 3.63) is 66.3 Å². The van der Waals surface area contributed by atoms with E-state index in [1.54, 1.807) is 13.4 Å². The molecule has 0 aliphatic carbocycles. The number of nitrogens with zero attached hydrogens (tertiary/aromatic N) is 2. The average Bonchev–Trinajstić information content (AvgIpc) is 3.43. The molecule has 3 aromatic rings. The quantitative estimate of drug-likeness (QED) is 0.556.